The van der Waals surface area contributed by atoms with Crippen molar-refractivity contribution in [3.05, 3.63) is 12.4 Å². The highest BCUT2D eigenvalue weighted by atomic mass is 16.3. The lowest BCUT2D eigenvalue weighted by molar-refractivity contribution is 0.222. The summed E-state index contributed by atoms with van der Waals surface area (Å²) in [4.78, 5) is 8.06. The molecule has 2 atom stereocenters. The quantitative estimate of drug-likeness (QED) is 0.434. The predicted molar refractivity (Wildman–Crippen MR) is 61.7 cm³/mol. The van der Waals surface area contributed by atoms with Gasteiger partial charge in [-0.05, 0) is 12.8 Å². The van der Waals surface area contributed by atoms with Crippen LogP contribution in [0.5, 0.6) is 0 Å². The summed E-state index contributed by atoms with van der Waals surface area (Å²) in [6.45, 7) is 0.227. The Balaban J connectivity index is 2.02. The standard InChI is InChI=1S/C10H17N5O/c11-15-10-4-9(12-6-13-10)14-8-3-1-2-7(8)5-16/h4,6-8,16H,1-3,5,11H2,(H2,12,13,14,15). The first-order chi connectivity index (χ1) is 7.83. The molecular formula is C10H17N5O. The van der Waals surface area contributed by atoms with E-state index in [1.165, 1.54) is 6.33 Å². The Hall–Kier alpha value is -1.40. The number of aromatic nitrogens is 2. The Morgan fingerprint density at radius 2 is 2.19 bits per heavy atom. The van der Waals surface area contributed by atoms with Crippen LogP contribution in [0.2, 0.25) is 0 Å². The molecule has 1 heterocycles. The van der Waals surface area contributed by atoms with Crippen LogP contribution in [-0.4, -0.2) is 27.7 Å². The number of nitrogens with one attached hydrogen (secondary N) is 2. The van der Waals surface area contributed by atoms with Gasteiger partial charge in [0.25, 0.3) is 0 Å². The van der Waals surface area contributed by atoms with Gasteiger partial charge >= 0.3 is 0 Å². The summed E-state index contributed by atoms with van der Waals surface area (Å²) in [7, 11) is 0. The van der Waals surface area contributed by atoms with Crippen LogP contribution in [-0.2, 0) is 0 Å². The molecule has 6 heteroatoms. The lowest BCUT2D eigenvalue weighted by Crippen LogP contribution is -2.26. The summed E-state index contributed by atoms with van der Waals surface area (Å²) in [6.07, 6.45) is 4.75. The van der Waals surface area contributed by atoms with Gasteiger partial charge in [-0.15, -0.1) is 0 Å². The molecule has 1 aromatic rings. The van der Waals surface area contributed by atoms with Gasteiger partial charge in [0.05, 0.1) is 0 Å². The smallest absolute Gasteiger partial charge is 0.145 e. The Morgan fingerprint density at radius 1 is 1.38 bits per heavy atom. The van der Waals surface area contributed by atoms with E-state index in [-0.39, 0.29) is 6.61 Å². The second-order valence-corrected chi connectivity index (χ2v) is 4.06. The molecule has 5 N–H and O–H groups in total. The fraction of sp³-hybridized carbons (Fsp3) is 0.600. The summed E-state index contributed by atoms with van der Waals surface area (Å²) in [5, 5.41) is 12.5. The molecule has 1 fully saturated rings. The molecule has 0 bridgehead atoms. The van der Waals surface area contributed by atoms with Crippen molar-refractivity contribution in [1.29, 1.82) is 0 Å². The minimum Gasteiger partial charge on any atom is -0.396 e. The van der Waals surface area contributed by atoms with Gasteiger partial charge in [0.2, 0.25) is 0 Å². The monoisotopic (exact) mass is 223 g/mol. The van der Waals surface area contributed by atoms with Crippen LogP contribution in [0.15, 0.2) is 12.4 Å². The molecular weight excluding hydrogens is 206 g/mol. The molecule has 6 nitrogen and oxygen atoms in total. The van der Waals surface area contributed by atoms with Crippen LogP contribution in [0.3, 0.4) is 0 Å². The first-order valence-electron chi connectivity index (χ1n) is 5.49. The van der Waals surface area contributed by atoms with Crippen LogP contribution < -0.4 is 16.6 Å². The number of hydrogen-bond donors (Lipinski definition) is 4. The van der Waals surface area contributed by atoms with Crippen LogP contribution in [0.4, 0.5) is 11.6 Å². The molecule has 0 aromatic carbocycles. The minimum atomic E-state index is 0.227. The number of hydrogen-bond acceptors (Lipinski definition) is 6. The van der Waals surface area contributed by atoms with Crippen molar-refractivity contribution in [2.45, 2.75) is 25.3 Å². The molecule has 0 radical (unpaired) electrons. The number of aliphatic hydroxyl groups excluding tert-OH is 1. The van der Waals surface area contributed by atoms with E-state index < -0.39 is 0 Å². The summed E-state index contributed by atoms with van der Waals surface area (Å²) in [6, 6.07) is 2.05. The summed E-state index contributed by atoms with van der Waals surface area (Å²) in [5.74, 6) is 6.92. The number of aliphatic hydroxyl groups is 1. The zero-order valence-electron chi connectivity index (χ0n) is 9.06. The second kappa shape index (κ2) is 5.09. The Morgan fingerprint density at radius 3 is 2.94 bits per heavy atom. The molecule has 1 saturated carbocycles. The zero-order chi connectivity index (χ0) is 11.4. The molecule has 2 unspecified atom stereocenters. The number of anilines is 2. The lowest BCUT2D eigenvalue weighted by Gasteiger charge is -2.19. The number of rotatable bonds is 4. The Labute approximate surface area is 94.3 Å². The maximum Gasteiger partial charge on any atom is 0.145 e. The first kappa shape index (κ1) is 11.1. The third-order valence-corrected chi connectivity index (χ3v) is 3.04. The number of nitrogen functional groups attached to an aromatic ring is 1. The first-order valence-corrected chi connectivity index (χ1v) is 5.49. The van der Waals surface area contributed by atoms with Crippen molar-refractivity contribution < 1.29 is 5.11 Å². The van der Waals surface area contributed by atoms with Gasteiger partial charge in [0.15, 0.2) is 0 Å². The van der Waals surface area contributed by atoms with E-state index in [9.17, 15) is 5.11 Å². The Kier molecular flexibility index (Phi) is 3.53. The van der Waals surface area contributed by atoms with Crippen molar-refractivity contribution in [2.24, 2.45) is 11.8 Å². The van der Waals surface area contributed by atoms with E-state index >= 15 is 0 Å². The third-order valence-electron chi connectivity index (χ3n) is 3.04. The van der Waals surface area contributed by atoms with Gasteiger partial charge in [-0.3, -0.25) is 0 Å². The van der Waals surface area contributed by atoms with E-state index in [1.807, 2.05) is 0 Å². The fourth-order valence-corrected chi connectivity index (χ4v) is 2.15. The van der Waals surface area contributed by atoms with Gasteiger partial charge in [0, 0.05) is 24.6 Å². The van der Waals surface area contributed by atoms with Gasteiger partial charge < -0.3 is 15.8 Å². The molecule has 1 aromatic heterocycles. The van der Waals surface area contributed by atoms with E-state index in [4.69, 9.17) is 5.84 Å². The van der Waals surface area contributed by atoms with Crippen molar-refractivity contribution in [2.75, 3.05) is 17.3 Å². The highest BCUT2D eigenvalue weighted by Crippen LogP contribution is 2.27. The minimum absolute atomic E-state index is 0.227. The van der Waals surface area contributed by atoms with Crippen LogP contribution in [0.1, 0.15) is 19.3 Å². The van der Waals surface area contributed by atoms with Crippen molar-refractivity contribution in [3.8, 4) is 0 Å². The van der Waals surface area contributed by atoms with Crippen molar-refractivity contribution >= 4 is 11.6 Å². The topological polar surface area (TPSA) is 96.1 Å². The molecule has 0 spiro atoms. The number of nitrogens with two attached hydrogens (primary N) is 1. The van der Waals surface area contributed by atoms with Crippen LogP contribution >= 0.6 is 0 Å². The molecule has 88 valence electrons. The number of nitrogens with zero attached hydrogens (tertiary/aromatic N) is 2. The van der Waals surface area contributed by atoms with E-state index in [1.54, 1.807) is 6.07 Å². The Bertz CT molecular complexity index is 346. The molecule has 1 aliphatic carbocycles. The van der Waals surface area contributed by atoms with Crippen molar-refractivity contribution in [1.82, 2.24) is 9.97 Å². The molecule has 1 aliphatic rings. The van der Waals surface area contributed by atoms with Crippen molar-refractivity contribution in [3.63, 3.8) is 0 Å². The summed E-state index contributed by atoms with van der Waals surface area (Å²) >= 11 is 0. The largest absolute Gasteiger partial charge is 0.396 e. The molecule has 0 saturated heterocycles. The average Bonchev–Trinajstić information content (AvgIpc) is 2.76. The maximum atomic E-state index is 9.21. The zero-order valence-corrected chi connectivity index (χ0v) is 9.06. The van der Waals surface area contributed by atoms with E-state index in [2.05, 4.69) is 20.7 Å². The fourth-order valence-electron chi connectivity index (χ4n) is 2.15. The van der Waals surface area contributed by atoms with Gasteiger partial charge in [-0.25, -0.2) is 15.8 Å². The number of hydrazine groups is 1. The SMILES string of the molecule is NNc1cc(NC2CCCC2CO)ncn1. The average molecular weight is 223 g/mol. The highest BCUT2D eigenvalue weighted by Gasteiger charge is 2.26. The van der Waals surface area contributed by atoms with Gasteiger partial charge in [-0.1, -0.05) is 6.42 Å². The normalized spacial score (nSPS) is 24.4. The lowest BCUT2D eigenvalue weighted by atomic mass is 10.1. The van der Waals surface area contributed by atoms with E-state index in [0.717, 1.165) is 25.1 Å². The highest BCUT2D eigenvalue weighted by molar-refractivity contribution is 5.46. The van der Waals surface area contributed by atoms with Crippen LogP contribution in [0.25, 0.3) is 0 Å². The predicted octanol–water partition coefficient (Wildman–Crippen LogP) is 0.335. The molecule has 16 heavy (non-hydrogen) atoms. The third kappa shape index (κ3) is 2.40. The van der Waals surface area contributed by atoms with Gasteiger partial charge in [0.1, 0.15) is 18.0 Å². The second-order valence-electron chi connectivity index (χ2n) is 4.06. The maximum absolute atomic E-state index is 9.21. The molecule has 2 rings (SSSR count). The summed E-state index contributed by atoms with van der Waals surface area (Å²) in [5.41, 5.74) is 2.48. The van der Waals surface area contributed by atoms with Gasteiger partial charge in [-0.2, -0.15) is 0 Å². The summed E-state index contributed by atoms with van der Waals surface area (Å²) < 4.78 is 0. The molecule has 0 amide bonds. The van der Waals surface area contributed by atoms with E-state index in [0.29, 0.717) is 17.8 Å². The van der Waals surface area contributed by atoms with Crippen LogP contribution in [0, 0.1) is 5.92 Å². The molecule has 0 aliphatic heterocycles.